The highest BCUT2D eigenvalue weighted by atomic mass is 32.2. The van der Waals surface area contributed by atoms with E-state index in [1.165, 1.54) is 17.3 Å². The van der Waals surface area contributed by atoms with E-state index < -0.39 is 26.7 Å². The lowest BCUT2D eigenvalue weighted by Crippen LogP contribution is -2.45. The van der Waals surface area contributed by atoms with Crippen LogP contribution in [0.2, 0.25) is 0 Å². The quantitative estimate of drug-likeness (QED) is 0.733. The Morgan fingerprint density at radius 2 is 1.79 bits per heavy atom. The molecule has 0 bridgehead atoms. The minimum absolute atomic E-state index is 0.0377. The number of piperidine rings is 1. The van der Waals surface area contributed by atoms with Crippen LogP contribution in [0, 0.1) is 5.82 Å². The van der Waals surface area contributed by atoms with Crippen molar-refractivity contribution >= 4 is 15.9 Å². The molecular weight excluding hydrogens is 443 g/mol. The molecule has 6 nitrogen and oxygen atoms in total. The molecular formula is C25H31FN2O4S. The molecule has 0 aromatic heterocycles. The number of halogens is 1. The minimum atomic E-state index is -3.66. The third kappa shape index (κ3) is 4.69. The number of hydrogen-bond acceptors (Lipinski definition) is 4. The number of aliphatic hydroxyl groups is 1. The molecule has 4 rings (SSSR count). The van der Waals surface area contributed by atoms with E-state index in [-0.39, 0.29) is 24.1 Å². The van der Waals surface area contributed by atoms with Gasteiger partial charge in [0.1, 0.15) is 11.1 Å². The van der Waals surface area contributed by atoms with E-state index in [0.29, 0.717) is 44.3 Å². The Labute approximate surface area is 195 Å². The predicted molar refractivity (Wildman–Crippen MR) is 124 cm³/mol. The van der Waals surface area contributed by atoms with E-state index in [1.807, 2.05) is 37.3 Å². The number of rotatable bonds is 4. The van der Waals surface area contributed by atoms with E-state index in [2.05, 4.69) is 0 Å². The number of likely N-dealkylation sites (tertiary alicyclic amines) is 1. The van der Waals surface area contributed by atoms with Crippen LogP contribution in [0.1, 0.15) is 61.5 Å². The summed E-state index contributed by atoms with van der Waals surface area (Å²) in [7, 11) is -3.66. The van der Waals surface area contributed by atoms with Gasteiger partial charge in [0.05, 0.1) is 5.60 Å². The molecule has 8 heteroatoms. The molecule has 0 spiro atoms. The zero-order valence-electron chi connectivity index (χ0n) is 19.1. The Bertz CT molecular complexity index is 1110. The number of carbonyl (C=O) groups excluding carboxylic acids is 1. The molecule has 178 valence electrons. The minimum Gasteiger partial charge on any atom is -0.385 e. The SMILES string of the molecule is CC(=O)N1CCC(O)(c2ccc(CN3C(C)CCC(c4ccccc4)S3(=O)=O)c(F)c2)CC1. The largest absolute Gasteiger partial charge is 0.385 e. The third-order valence-electron chi connectivity index (χ3n) is 7.15. The summed E-state index contributed by atoms with van der Waals surface area (Å²) in [6.45, 7) is 4.14. The number of sulfonamides is 1. The van der Waals surface area contributed by atoms with E-state index in [0.717, 1.165) is 5.56 Å². The summed E-state index contributed by atoms with van der Waals surface area (Å²) in [6, 6.07) is 13.5. The summed E-state index contributed by atoms with van der Waals surface area (Å²) < 4.78 is 43.4. The first-order valence-electron chi connectivity index (χ1n) is 11.4. The molecule has 2 fully saturated rings. The Hall–Kier alpha value is -2.29. The van der Waals surface area contributed by atoms with Crippen LogP contribution < -0.4 is 0 Å². The van der Waals surface area contributed by atoms with Crippen LogP contribution in [0.25, 0.3) is 0 Å². The molecule has 0 aliphatic carbocycles. The third-order valence-corrected chi connectivity index (χ3v) is 9.52. The molecule has 2 unspecified atom stereocenters. The lowest BCUT2D eigenvalue weighted by atomic mass is 9.84. The second-order valence-corrected chi connectivity index (χ2v) is 11.3. The molecule has 2 aromatic carbocycles. The molecule has 1 amide bonds. The maximum absolute atomic E-state index is 15.1. The number of hydrogen-bond donors (Lipinski definition) is 1. The van der Waals surface area contributed by atoms with Crippen LogP contribution in [0.5, 0.6) is 0 Å². The topological polar surface area (TPSA) is 77.9 Å². The zero-order valence-corrected chi connectivity index (χ0v) is 19.9. The van der Waals surface area contributed by atoms with Gasteiger partial charge in [-0.1, -0.05) is 42.5 Å². The average Bonchev–Trinajstić information content (AvgIpc) is 2.78. The summed E-state index contributed by atoms with van der Waals surface area (Å²) in [5.41, 5.74) is 0.300. The Balaban J connectivity index is 1.55. The molecule has 2 aliphatic heterocycles. The lowest BCUT2D eigenvalue weighted by molar-refractivity contribution is -0.133. The maximum Gasteiger partial charge on any atom is 0.221 e. The van der Waals surface area contributed by atoms with Crippen molar-refractivity contribution < 1.29 is 22.7 Å². The fourth-order valence-electron chi connectivity index (χ4n) is 4.96. The Morgan fingerprint density at radius 1 is 1.12 bits per heavy atom. The van der Waals surface area contributed by atoms with Crippen LogP contribution in [0.4, 0.5) is 4.39 Å². The first kappa shape index (κ1) is 23.9. The van der Waals surface area contributed by atoms with Crippen LogP contribution in [0.15, 0.2) is 48.5 Å². The molecule has 2 heterocycles. The number of nitrogens with zero attached hydrogens (tertiary/aromatic N) is 2. The van der Waals surface area contributed by atoms with Crippen molar-refractivity contribution in [3.05, 3.63) is 71.0 Å². The summed E-state index contributed by atoms with van der Waals surface area (Å²) in [5.74, 6) is -0.566. The summed E-state index contributed by atoms with van der Waals surface area (Å²) in [5, 5.41) is 10.4. The molecule has 2 atom stereocenters. The van der Waals surface area contributed by atoms with Crippen LogP contribution in [-0.4, -0.2) is 47.8 Å². The number of carbonyl (C=O) groups is 1. The Kier molecular flexibility index (Phi) is 6.62. The molecule has 33 heavy (non-hydrogen) atoms. The van der Waals surface area contributed by atoms with Gasteiger partial charge in [-0.3, -0.25) is 4.79 Å². The molecule has 2 saturated heterocycles. The molecule has 2 aliphatic rings. The van der Waals surface area contributed by atoms with Gasteiger partial charge in [0.25, 0.3) is 0 Å². The number of benzene rings is 2. The van der Waals surface area contributed by atoms with Gasteiger partial charge >= 0.3 is 0 Å². The van der Waals surface area contributed by atoms with E-state index in [9.17, 15) is 18.3 Å². The lowest BCUT2D eigenvalue weighted by Gasteiger charge is -2.39. The van der Waals surface area contributed by atoms with Gasteiger partial charge < -0.3 is 10.0 Å². The van der Waals surface area contributed by atoms with Crippen LogP contribution >= 0.6 is 0 Å². The first-order valence-corrected chi connectivity index (χ1v) is 12.9. The van der Waals surface area contributed by atoms with Gasteiger partial charge in [-0.25, -0.2) is 12.8 Å². The molecule has 1 N–H and O–H groups in total. The average molecular weight is 475 g/mol. The van der Waals surface area contributed by atoms with Crippen molar-refractivity contribution in [2.24, 2.45) is 0 Å². The van der Waals surface area contributed by atoms with E-state index >= 15 is 4.39 Å². The Morgan fingerprint density at radius 3 is 2.39 bits per heavy atom. The van der Waals surface area contributed by atoms with Gasteiger partial charge in [0.15, 0.2) is 0 Å². The predicted octanol–water partition coefficient (Wildman–Crippen LogP) is 3.71. The van der Waals surface area contributed by atoms with Crippen molar-refractivity contribution in [3.63, 3.8) is 0 Å². The van der Waals surface area contributed by atoms with Crippen molar-refractivity contribution in [1.82, 2.24) is 9.21 Å². The summed E-state index contributed by atoms with van der Waals surface area (Å²) >= 11 is 0. The second-order valence-electron chi connectivity index (χ2n) is 9.26. The van der Waals surface area contributed by atoms with Gasteiger partial charge in [0.2, 0.25) is 15.9 Å². The van der Waals surface area contributed by atoms with Gasteiger partial charge in [0, 0.05) is 38.2 Å². The van der Waals surface area contributed by atoms with Gasteiger partial charge in [-0.2, -0.15) is 4.31 Å². The van der Waals surface area contributed by atoms with Crippen LogP contribution in [-0.2, 0) is 27.0 Å². The summed E-state index contributed by atoms with van der Waals surface area (Å²) in [6.07, 6.45) is 1.91. The number of amides is 1. The first-order chi connectivity index (χ1) is 15.6. The fourth-order valence-corrected chi connectivity index (χ4v) is 7.15. The normalized spacial score (nSPS) is 25.0. The highest BCUT2D eigenvalue weighted by Gasteiger charge is 2.41. The van der Waals surface area contributed by atoms with Crippen molar-refractivity contribution in [2.75, 3.05) is 13.1 Å². The van der Waals surface area contributed by atoms with Crippen molar-refractivity contribution in [1.29, 1.82) is 0 Å². The van der Waals surface area contributed by atoms with Gasteiger partial charge in [-0.15, -0.1) is 0 Å². The second kappa shape index (κ2) is 9.16. The molecule has 0 radical (unpaired) electrons. The highest BCUT2D eigenvalue weighted by Crippen LogP contribution is 2.39. The van der Waals surface area contributed by atoms with Gasteiger partial charge in [-0.05, 0) is 49.8 Å². The van der Waals surface area contributed by atoms with E-state index in [4.69, 9.17) is 0 Å². The smallest absolute Gasteiger partial charge is 0.221 e. The van der Waals surface area contributed by atoms with Crippen molar-refractivity contribution in [3.8, 4) is 0 Å². The molecule has 0 saturated carbocycles. The van der Waals surface area contributed by atoms with Crippen LogP contribution in [0.3, 0.4) is 0 Å². The monoisotopic (exact) mass is 474 g/mol. The fraction of sp³-hybridized carbons (Fsp3) is 0.480. The highest BCUT2D eigenvalue weighted by molar-refractivity contribution is 7.89. The zero-order chi connectivity index (χ0) is 23.8. The van der Waals surface area contributed by atoms with E-state index in [1.54, 1.807) is 17.0 Å². The standard InChI is InChI=1S/C25H31FN2O4S/c1-18-8-11-24(20-6-4-3-5-7-20)33(31,32)28(18)17-21-9-10-22(16-23(21)26)25(30)12-14-27(15-13-25)19(2)29/h3-7,9-10,16,18,24,30H,8,11-15,17H2,1-2H3. The maximum atomic E-state index is 15.1. The molecule has 2 aromatic rings. The van der Waals surface area contributed by atoms with Crippen molar-refractivity contribution in [2.45, 2.75) is 63.0 Å². The summed E-state index contributed by atoms with van der Waals surface area (Å²) in [4.78, 5) is 13.2.